The molecule has 2 aliphatic heterocycles. The third-order valence-corrected chi connectivity index (χ3v) is 15.9. The molecule has 6 aliphatic rings. The van der Waals surface area contributed by atoms with E-state index in [9.17, 15) is 35.7 Å². The van der Waals surface area contributed by atoms with E-state index in [1.807, 2.05) is 26.0 Å². The number of hydrogen-bond donors (Lipinski definition) is 7. The van der Waals surface area contributed by atoms with E-state index in [2.05, 4.69) is 41.2 Å². The summed E-state index contributed by atoms with van der Waals surface area (Å²) in [6, 6.07) is 0. The third-order valence-electron chi connectivity index (χ3n) is 15.9. The van der Waals surface area contributed by atoms with Gasteiger partial charge in [-0.2, -0.15) is 0 Å². The SMILES string of the molecule is C=C(C)C=CCC(C)(O)C1CCC2(C)C1C(OC1OC(C)C(O)C(O)C1O)CC1C3(C)CCC(OC4OCC(O)C(O)C4O)C(C)(C)C3CCC12C. The molecule has 2 saturated heterocycles. The second-order valence-electron chi connectivity index (χ2n) is 19.3. The van der Waals surface area contributed by atoms with Gasteiger partial charge in [0, 0.05) is 0 Å². The Balaban J connectivity index is 1.33. The van der Waals surface area contributed by atoms with Crippen LogP contribution < -0.4 is 0 Å². The first-order valence-corrected chi connectivity index (χ1v) is 19.8. The molecule has 0 bridgehead atoms. The first-order chi connectivity index (χ1) is 24.1. The minimum Gasteiger partial charge on any atom is -0.390 e. The standard InChI is InChI=1S/C41H68O11/c1-21(2)11-10-15-41(9,48)23-12-17-40(8)29(23)25(51-36-34(47)32(45)30(43)22(3)50-36)19-27-38(6)16-14-28(37(4,5)26(38)13-18-39(27,40)7)52-35-33(46)31(44)24(42)20-49-35/h10-11,22-36,42-48H,1,12-20H2,2-9H3. The van der Waals surface area contributed by atoms with Crippen molar-refractivity contribution in [2.24, 2.45) is 45.3 Å². The maximum absolute atomic E-state index is 12.2. The van der Waals surface area contributed by atoms with Crippen molar-refractivity contribution in [3.8, 4) is 0 Å². The normalized spacial score (nSPS) is 53.1. The van der Waals surface area contributed by atoms with Gasteiger partial charge in [-0.05, 0) is 117 Å². The van der Waals surface area contributed by atoms with Crippen LogP contribution in [0.15, 0.2) is 24.3 Å². The topological polar surface area (TPSA) is 179 Å². The number of hydrogen-bond acceptors (Lipinski definition) is 11. The van der Waals surface area contributed by atoms with Gasteiger partial charge < -0.3 is 54.7 Å². The molecule has 4 saturated carbocycles. The van der Waals surface area contributed by atoms with Gasteiger partial charge in [0.05, 0.1) is 30.5 Å². The zero-order chi connectivity index (χ0) is 38.3. The average molecular weight is 737 g/mol. The molecule has 11 nitrogen and oxygen atoms in total. The van der Waals surface area contributed by atoms with Gasteiger partial charge in [-0.25, -0.2) is 0 Å². The lowest BCUT2D eigenvalue weighted by Gasteiger charge is -2.71. The minimum atomic E-state index is -1.43. The van der Waals surface area contributed by atoms with Crippen LogP contribution in [0, 0.1) is 45.3 Å². The van der Waals surface area contributed by atoms with Gasteiger partial charge in [-0.15, -0.1) is 0 Å². The second-order valence-corrected chi connectivity index (χ2v) is 19.3. The van der Waals surface area contributed by atoms with Crippen molar-refractivity contribution in [1.82, 2.24) is 0 Å². The summed E-state index contributed by atoms with van der Waals surface area (Å²) in [5.41, 5.74) is -0.869. The summed E-state index contributed by atoms with van der Waals surface area (Å²) in [5, 5.41) is 75.7. The van der Waals surface area contributed by atoms with Crippen LogP contribution in [0.2, 0.25) is 0 Å². The lowest BCUT2D eigenvalue weighted by Crippen LogP contribution is -2.68. The third kappa shape index (κ3) is 6.49. The summed E-state index contributed by atoms with van der Waals surface area (Å²) in [5.74, 6) is 0.302. The van der Waals surface area contributed by atoms with Crippen molar-refractivity contribution < 1.29 is 54.7 Å². The maximum atomic E-state index is 12.2. The van der Waals surface area contributed by atoms with E-state index in [1.165, 1.54) is 0 Å². The van der Waals surface area contributed by atoms with Gasteiger partial charge in [0.1, 0.15) is 36.6 Å². The molecule has 19 unspecified atom stereocenters. The molecular formula is C41H68O11. The Morgan fingerprint density at radius 3 is 2.15 bits per heavy atom. The van der Waals surface area contributed by atoms with E-state index >= 15 is 0 Å². The lowest BCUT2D eigenvalue weighted by atomic mass is 9.35. The Kier molecular flexibility index (Phi) is 11.1. The molecule has 0 radical (unpaired) electrons. The van der Waals surface area contributed by atoms with Crippen LogP contribution in [0.1, 0.15) is 107 Å². The summed E-state index contributed by atoms with van der Waals surface area (Å²) in [6.07, 6.45) is -1.04. The van der Waals surface area contributed by atoms with Gasteiger partial charge >= 0.3 is 0 Å². The van der Waals surface area contributed by atoms with Gasteiger partial charge in [-0.3, -0.25) is 0 Å². The fourth-order valence-electron chi connectivity index (χ4n) is 12.8. The van der Waals surface area contributed by atoms with Crippen LogP contribution in [0.25, 0.3) is 0 Å². The average Bonchev–Trinajstić information content (AvgIpc) is 3.44. The maximum Gasteiger partial charge on any atom is 0.186 e. The van der Waals surface area contributed by atoms with Gasteiger partial charge in [0.2, 0.25) is 0 Å². The largest absolute Gasteiger partial charge is 0.390 e. The number of allylic oxidation sites excluding steroid dienone is 2. The van der Waals surface area contributed by atoms with E-state index in [-0.39, 0.29) is 58.0 Å². The number of rotatable bonds is 8. The molecule has 6 rings (SSSR count). The van der Waals surface area contributed by atoms with Crippen molar-refractivity contribution >= 4 is 0 Å². The molecule has 0 aromatic rings. The molecule has 11 heteroatoms. The monoisotopic (exact) mass is 736 g/mol. The fraction of sp³-hybridized carbons (Fsp3) is 0.902. The van der Waals surface area contributed by atoms with Crippen molar-refractivity contribution in [2.45, 2.75) is 180 Å². The van der Waals surface area contributed by atoms with Gasteiger partial charge in [-0.1, -0.05) is 58.9 Å². The minimum absolute atomic E-state index is 0.0587. The Morgan fingerprint density at radius 2 is 1.48 bits per heavy atom. The number of ether oxygens (including phenoxy) is 4. The molecule has 6 fully saturated rings. The summed E-state index contributed by atoms with van der Waals surface area (Å²) < 4.78 is 25.1. The zero-order valence-electron chi connectivity index (χ0n) is 32.6. The first-order valence-electron chi connectivity index (χ1n) is 19.8. The van der Waals surface area contributed by atoms with Crippen LogP contribution in [0.3, 0.4) is 0 Å². The van der Waals surface area contributed by atoms with E-state index < -0.39 is 67.0 Å². The van der Waals surface area contributed by atoms with Crippen molar-refractivity contribution in [3.63, 3.8) is 0 Å². The quantitative estimate of drug-likeness (QED) is 0.143. The first kappa shape index (κ1) is 40.7. The summed E-state index contributed by atoms with van der Waals surface area (Å²) in [4.78, 5) is 0. The Bertz CT molecular complexity index is 1340. The highest BCUT2D eigenvalue weighted by atomic mass is 16.7. The Hall–Kier alpha value is -0.960. The zero-order valence-corrected chi connectivity index (χ0v) is 32.6. The summed E-state index contributed by atoms with van der Waals surface area (Å²) in [6.45, 7) is 21.2. The van der Waals surface area contributed by atoms with Gasteiger partial charge in [0.15, 0.2) is 12.6 Å². The van der Waals surface area contributed by atoms with E-state index in [4.69, 9.17) is 18.9 Å². The van der Waals surface area contributed by atoms with Crippen molar-refractivity contribution in [3.05, 3.63) is 24.3 Å². The highest BCUT2D eigenvalue weighted by Crippen LogP contribution is 2.76. The molecule has 0 spiro atoms. The van der Waals surface area contributed by atoms with E-state index in [0.29, 0.717) is 12.8 Å². The molecule has 7 N–H and O–H groups in total. The Labute approximate surface area is 310 Å². The predicted molar refractivity (Wildman–Crippen MR) is 193 cm³/mol. The van der Waals surface area contributed by atoms with E-state index in [1.54, 1.807) is 6.92 Å². The van der Waals surface area contributed by atoms with Crippen LogP contribution >= 0.6 is 0 Å². The molecule has 19 atom stereocenters. The molecule has 0 aromatic heterocycles. The molecule has 0 aromatic carbocycles. The molecule has 0 amide bonds. The molecule has 4 aliphatic carbocycles. The lowest BCUT2D eigenvalue weighted by molar-refractivity contribution is -0.334. The molecule has 2 heterocycles. The number of aliphatic hydroxyl groups is 7. The van der Waals surface area contributed by atoms with Gasteiger partial charge in [0.25, 0.3) is 0 Å². The summed E-state index contributed by atoms with van der Waals surface area (Å²) >= 11 is 0. The highest BCUT2D eigenvalue weighted by Gasteiger charge is 2.72. The van der Waals surface area contributed by atoms with Crippen molar-refractivity contribution in [1.29, 1.82) is 0 Å². The fourth-order valence-corrected chi connectivity index (χ4v) is 12.8. The summed E-state index contributed by atoms with van der Waals surface area (Å²) in [7, 11) is 0. The van der Waals surface area contributed by atoms with Crippen LogP contribution in [-0.2, 0) is 18.9 Å². The van der Waals surface area contributed by atoms with Crippen LogP contribution in [0.4, 0.5) is 0 Å². The number of fused-ring (bicyclic) bond motifs is 5. The molecule has 298 valence electrons. The Morgan fingerprint density at radius 1 is 0.827 bits per heavy atom. The molecular weight excluding hydrogens is 668 g/mol. The predicted octanol–water partition coefficient (Wildman–Crippen LogP) is 3.59. The number of aliphatic hydroxyl groups excluding tert-OH is 6. The highest BCUT2D eigenvalue weighted by molar-refractivity contribution is 5.21. The van der Waals surface area contributed by atoms with E-state index in [0.717, 1.165) is 44.1 Å². The smallest absolute Gasteiger partial charge is 0.186 e. The second kappa shape index (κ2) is 14.2. The molecule has 52 heavy (non-hydrogen) atoms. The van der Waals surface area contributed by atoms with Crippen LogP contribution in [0.5, 0.6) is 0 Å². The van der Waals surface area contributed by atoms with Crippen molar-refractivity contribution in [2.75, 3.05) is 6.61 Å². The van der Waals surface area contributed by atoms with Crippen LogP contribution in [-0.4, -0.2) is 115 Å².